The van der Waals surface area contributed by atoms with Crippen LogP contribution in [0.1, 0.15) is 84.0 Å². The van der Waals surface area contributed by atoms with E-state index in [0.717, 1.165) is 31.8 Å². The minimum atomic E-state index is -4.55. The summed E-state index contributed by atoms with van der Waals surface area (Å²) in [5, 5.41) is 0. The van der Waals surface area contributed by atoms with E-state index in [1.165, 1.54) is 44.9 Å². The molecule has 1 nitrogen and oxygen atoms in total. The molecule has 2 atom stereocenters. The van der Waals surface area contributed by atoms with Gasteiger partial charge < -0.3 is 4.74 Å². The van der Waals surface area contributed by atoms with E-state index in [1.807, 2.05) is 0 Å². The minimum absolute atomic E-state index is 0.143. The smallest absolute Gasteiger partial charge is 0.374 e. The van der Waals surface area contributed by atoms with Gasteiger partial charge in [-0.25, -0.2) is 4.39 Å². The van der Waals surface area contributed by atoms with Crippen molar-refractivity contribution in [2.75, 3.05) is 6.61 Å². The molecule has 3 aliphatic rings. The quantitative estimate of drug-likeness (QED) is 0.305. The molecular weight excluding hydrogens is 392 g/mol. The van der Waals surface area contributed by atoms with Crippen LogP contribution in [-0.4, -0.2) is 18.9 Å². The van der Waals surface area contributed by atoms with E-state index in [1.54, 1.807) is 0 Å². The summed E-state index contributed by atoms with van der Waals surface area (Å²) >= 11 is 0. The lowest BCUT2D eigenvalue weighted by atomic mass is 9.69. The van der Waals surface area contributed by atoms with Gasteiger partial charge in [0.25, 0.3) is 0 Å². The molecule has 2 aliphatic carbocycles. The predicted octanol–water partition coefficient (Wildman–Crippen LogP) is 8.17. The third kappa shape index (κ3) is 7.39. The fourth-order valence-electron chi connectivity index (χ4n) is 5.84. The third-order valence-electron chi connectivity index (χ3n) is 7.65. The molecule has 3 fully saturated rings. The zero-order valence-electron chi connectivity index (χ0n) is 18.3. The third-order valence-corrected chi connectivity index (χ3v) is 7.65. The Bertz CT molecular complexity index is 558. The lowest BCUT2D eigenvalue weighted by Gasteiger charge is -2.37. The van der Waals surface area contributed by atoms with Gasteiger partial charge in [-0.1, -0.05) is 25.5 Å². The van der Waals surface area contributed by atoms with Gasteiger partial charge in [0.15, 0.2) is 0 Å². The first-order chi connectivity index (χ1) is 14.3. The number of ether oxygens (including phenoxy) is 1. The van der Waals surface area contributed by atoms with Crippen molar-refractivity contribution < 1.29 is 22.3 Å². The summed E-state index contributed by atoms with van der Waals surface area (Å²) < 4.78 is 56.9. The molecule has 3 rings (SSSR count). The summed E-state index contributed by atoms with van der Waals surface area (Å²) in [6, 6.07) is 0. The summed E-state index contributed by atoms with van der Waals surface area (Å²) in [5.74, 6) is 1.08. The second-order valence-electron chi connectivity index (χ2n) is 9.85. The molecule has 172 valence electrons. The van der Waals surface area contributed by atoms with Crippen LogP contribution >= 0.6 is 0 Å². The maximum absolute atomic E-state index is 13.8. The van der Waals surface area contributed by atoms with Crippen LogP contribution in [0.15, 0.2) is 24.1 Å². The molecule has 0 aromatic rings. The van der Waals surface area contributed by atoms with Crippen LogP contribution in [0.25, 0.3) is 0 Å². The van der Waals surface area contributed by atoms with Crippen LogP contribution in [-0.2, 0) is 4.74 Å². The summed E-state index contributed by atoms with van der Waals surface area (Å²) in [4.78, 5) is 0. The van der Waals surface area contributed by atoms with E-state index >= 15 is 0 Å². The lowest BCUT2D eigenvalue weighted by Crippen LogP contribution is -2.26. The molecule has 0 bridgehead atoms. The van der Waals surface area contributed by atoms with Crippen molar-refractivity contribution in [3.63, 3.8) is 0 Å². The van der Waals surface area contributed by atoms with Crippen molar-refractivity contribution in [3.05, 3.63) is 24.1 Å². The van der Waals surface area contributed by atoms with Crippen LogP contribution in [0.5, 0.6) is 0 Å². The van der Waals surface area contributed by atoms with E-state index in [9.17, 15) is 17.6 Å². The van der Waals surface area contributed by atoms with Crippen LogP contribution in [0.4, 0.5) is 17.6 Å². The van der Waals surface area contributed by atoms with Gasteiger partial charge in [-0.2, -0.15) is 13.2 Å². The van der Waals surface area contributed by atoms with Crippen LogP contribution in [0.2, 0.25) is 0 Å². The molecule has 30 heavy (non-hydrogen) atoms. The highest BCUT2D eigenvalue weighted by atomic mass is 19.4. The second-order valence-corrected chi connectivity index (χ2v) is 9.85. The molecule has 0 N–H and O–H groups in total. The summed E-state index contributed by atoms with van der Waals surface area (Å²) in [6.07, 6.45) is 12.8. The Morgan fingerprint density at radius 1 is 0.867 bits per heavy atom. The first-order valence-corrected chi connectivity index (χ1v) is 12.1. The Kier molecular flexibility index (Phi) is 8.85. The molecule has 0 aromatic carbocycles. The fraction of sp³-hybridized carbons (Fsp3) is 0.840. The summed E-state index contributed by atoms with van der Waals surface area (Å²) in [5.41, 5.74) is 0. The molecule has 1 heterocycles. The number of hydrogen-bond donors (Lipinski definition) is 0. The molecule has 5 heteroatoms. The molecule has 2 saturated carbocycles. The number of rotatable bonds is 6. The monoisotopic (exact) mass is 430 g/mol. The SMILES string of the molecule is CCCC1CCC(/C=C/C2CCC(C3CCC(/C(F)=C/C(F)(F)F)CC3)CC2)OC1. The molecule has 2 unspecified atom stereocenters. The maximum Gasteiger partial charge on any atom is 0.412 e. The van der Waals surface area contributed by atoms with Gasteiger partial charge in [-0.3, -0.25) is 0 Å². The highest BCUT2D eigenvalue weighted by Gasteiger charge is 2.33. The molecule has 1 saturated heterocycles. The Morgan fingerprint density at radius 2 is 1.50 bits per heavy atom. The van der Waals surface area contributed by atoms with Gasteiger partial charge in [0.1, 0.15) is 5.83 Å². The van der Waals surface area contributed by atoms with E-state index in [-0.39, 0.29) is 12.2 Å². The molecule has 0 spiro atoms. The lowest BCUT2D eigenvalue weighted by molar-refractivity contribution is -0.0821. The van der Waals surface area contributed by atoms with E-state index < -0.39 is 17.9 Å². The average molecular weight is 431 g/mol. The Labute approximate surface area is 179 Å². The zero-order chi connectivity index (χ0) is 21.6. The standard InChI is InChI=1S/C25H38F4O/c1-2-3-19-7-15-23(30-17-19)14-6-18-4-8-20(9-5-18)21-10-12-22(13-11-21)24(26)16-25(27,28)29/h6,14,16,18-23H,2-5,7-13,15,17H2,1H3/b14-6+,24-16-. The van der Waals surface area contributed by atoms with Gasteiger partial charge in [0.05, 0.1) is 18.8 Å². The van der Waals surface area contributed by atoms with Crippen molar-refractivity contribution in [2.45, 2.75) is 96.3 Å². The first-order valence-electron chi connectivity index (χ1n) is 12.1. The first kappa shape index (κ1) is 23.8. The van der Waals surface area contributed by atoms with Crippen molar-refractivity contribution in [3.8, 4) is 0 Å². The summed E-state index contributed by atoms with van der Waals surface area (Å²) in [6.45, 7) is 3.13. The van der Waals surface area contributed by atoms with Crippen molar-refractivity contribution >= 4 is 0 Å². The van der Waals surface area contributed by atoms with Crippen molar-refractivity contribution in [1.82, 2.24) is 0 Å². The van der Waals surface area contributed by atoms with Gasteiger partial charge in [-0.15, -0.1) is 0 Å². The number of alkyl halides is 3. The Hall–Kier alpha value is -0.840. The van der Waals surface area contributed by atoms with Gasteiger partial charge in [0.2, 0.25) is 0 Å². The normalized spacial score (nSPS) is 36.9. The van der Waals surface area contributed by atoms with Gasteiger partial charge >= 0.3 is 6.18 Å². The van der Waals surface area contributed by atoms with Gasteiger partial charge in [-0.05, 0) is 94.3 Å². The van der Waals surface area contributed by atoms with E-state index in [0.29, 0.717) is 30.6 Å². The maximum atomic E-state index is 13.8. The van der Waals surface area contributed by atoms with E-state index in [2.05, 4.69) is 19.1 Å². The molecule has 0 aromatic heterocycles. The molecule has 0 amide bonds. The Balaban J connectivity index is 1.36. The predicted molar refractivity (Wildman–Crippen MR) is 113 cm³/mol. The fourth-order valence-corrected chi connectivity index (χ4v) is 5.84. The van der Waals surface area contributed by atoms with Crippen LogP contribution in [0.3, 0.4) is 0 Å². The Morgan fingerprint density at radius 3 is 2.03 bits per heavy atom. The highest BCUT2D eigenvalue weighted by molar-refractivity contribution is 5.03. The number of hydrogen-bond acceptors (Lipinski definition) is 1. The van der Waals surface area contributed by atoms with Crippen LogP contribution < -0.4 is 0 Å². The molecular formula is C25H38F4O. The molecule has 0 radical (unpaired) electrons. The summed E-state index contributed by atoms with van der Waals surface area (Å²) in [7, 11) is 0. The van der Waals surface area contributed by atoms with Crippen molar-refractivity contribution in [2.24, 2.45) is 29.6 Å². The topological polar surface area (TPSA) is 9.23 Å². The van der Waals surface area contributed by atoms with Gasteiger partial charge in [0, 0.05) is 5.92 Å². The largest absolute Gasteiger partial charge is 0.412 e. The molecule has 1 aliphatic heterocycles. The number of halogens is 4. The highest BCUT2D eigenvalue weighted by Crippen LogP contribution is 2.43. The van der Waals surface area contributed by atoms with Crippen LogP contribution in [0, 0.1) is 29.6 Å². The number of allylic oxidation sites excluding steroid dienone is 3. The van der Waals surface area contributed by atoms with E-state index in [4.69, 9.17) is 4.74 Å². The average Bonchev–Trinajstić information content (AvgIpc) is 2.73. The second kappa shape index (κ2) is 11.2. The zero-order valence-corrected chi connectivity index (χ0v) is 18.3. The minimum Gasteiger partial charge on any atom is -0.374 e. The van der Waals surface area contributed by atoms with Crippen molar-refractivity contribution in [1.29, 1.82) is 0 Å².